The van der Waals surface area contributed by atoms with Crippen LogP contribution in [0.4, 0.5) is 0 Å². The standard InChI is InChI=1S/C14H20N4O/c1-10(2)19-13-7-5-4-6-11(13)14(16-15)12-8-9-18(3)17-12/h4-10,14,16H,15H2,1-3H3. The van der Waals surface area contributed by atoms with Crippen LogP contribution in [0.2, 0.25) is 0 Å². The lowest BCUT2D eigenvalue weighted by Crippen LogP contribution is -2.30. The second-order valence-electron chi connectivity index (χ2n) is 4.72. The van der Waals surface area contributed by atoms with Crippen molar-refractivity contribution < 1.29 is 4.74 Å². The van der Waals surface area contributed by atoms with Crippen LogP contribution in [0, 0.1) is 0 Å². The van der Waals surface area contributed by atoms with E-state index in [-0.39, 0.29) is 12.1 Å². The summed E-state index contributed by atoms with van der Waals surface area (Å²) in [6.45, 7) is 4.00. The van der Waals surface area contributed by atoms with Gasteiger partial charge < -0.3 is 4.74 Å². The number of nitrogens with zero attached hydrogens (tertiary/aromatic N) is 2. The van der Waals surface area contributed by atoms with E-state index in [9.17, 15) is 0 Å². The van der Waals surface area contributed by atoms with Crippen molar-refractivity contribution in [2.45, 2.75) is 26.0 Å². The van der Waals surface area contributed by atoms with Crippen molar-refractivity contribution >= 4 is 0 Å². The lowest BCUT2D eigenvalue weighted by atomic mass is 10.0. The third-order valence-corrected chi connectivity index (χ3v) is 2.79. The number of aromatic nitrogens is 2. The molecule has 1 heterocycles. The van der Waals surface area contributed by atoms with Crippen molar-refractivity contribution in [1.29, 1.82) is 0 Å². The molecule has 1 atom stereocenters. The third kappa shape index (κ3) is 3.13. The molecule has 0 aliphatic heterocycles. The highest BCUT2D eigenvalue weighted by atomic mass is 16.5. The smallest absolute Gasteiger partial charge is 0.124 e. The number of hydrogen-bond acceptors (Lipinski definition) is 4. The van der Waals surface area contributed by atoms with E-state index in [0.717, 1.165) is 17.0 Å². The molecule has 5 heteroatoms. The number of hydrogen-bond donors (Lipinski definition) is 2. The Bertz CT molecular complexity index is 536. The van der Waals surface area contributed by atoms with Gasteiger partial charge in [-0.2, -0.15) is 5.10 Å². The van der Waals surface area contributed by atoms with Crippen molar-refractivity contribution in [1.82, 2.24) is 15.2 Å². The topological polar surface area (TPSA) is 65.1 Å². The highest BCUT2D eigenvalue weighted by Gasteiger charge is 2.19. The summed E-state index contributed by atoms with van der Waals surface area (Å²) < 4.78 is 7.58. The molecule has 0 spiro atoms. The Labute approximate surface area is 113 Å². The molecule has 0 bridgehead atoms. The number of nitrogens with one attached hydrogen (secondary N) is 1. The maximum Gasteiger partial charge on any atom is 0.124 e. The van der Waals surface area contributed by atoms with E-state index in [2.05, 4.69) is 10.5 Å². The van der Waals surface area contributed by atoms with Crippen molar-refractivity contribution in [2.24, 2.45) is 12.9 Å². The molecule has 0 amide bonds. The number of nitrogens with two attached hydrogens (primary N) is 1. The molecule has 5 nitrogen and oxygen atoms in total. The molecule has 102 valence electrons. The number of ether oxygens (including phenoxy) is 1. The Kier molecular flexibility index (Phi) is 4.19. The van der Waals surface area contributed by atoms with Crippen molar-refractivity contribution in [3.05, 3.63) is 47.8 Å². The van der Waals surface area contributed by atoms with E-state index in [1.54, 1.807) is 4.68 Å². The molecule has 2 rings (SSSR count). The number of aryl methyl sites for hydroxylation is 1. The first kappa shape index (κ1) is 13.6. The molecule has 1 unspecified atom stereocenters. The highest BCUT2D eigenvalue weighted by molar-refractivity contribution is 5.39. The Morgan fingerprint density at radius 1 is 1.26 bits per heavy atom. The molecule has 0 aliphatic carbocycles. The number of para-hydroxylation sites is 1. The maximum atomic E-state index is 5.83. The zero-order valence-corrected chi connectivity index (χ0v) is 11.5. The molecule has 1 aromatic carbocycles. The van der Waals surface area contributed by atoms with E-state index in [1.165, 1.54) is 0 Å². The Morgan fingerprint density at radius 3 is 2.58 bits per heavy atom. The minimum absolute atomic E-state index is 0.114. The monoisotopic (exact) mass is 260 g/mol. The third-order valence-electron chi connectivity index (χ3n) is 2.79. The van der Waals surface area contributed by atoms with Crippen LogP contribution < -0.4 is 16.0 Å². The minimum atomic E-state index is -0.184. The lowest BCUT2D eigenvalue weighted by molar-refractivity contribution is 0.238. The summed E-state index contributed by atoms with van der Waals surface area (Å²) in [5, 5.41) is 4.40. The summed E-state index contributed by atoms with van der Waals surface area (Å²) in [6.07, 6.45) is 2.01. The minimum Gasteiger partial charge on any atom is -0.491 e. The first-order chi connectivity index (χ1) is 9.11. The van der Waals surface area contributed by atoms with Gasteiger partial charge in [0.15, 0.2) is 0 Å². The molecule has 1 aromatic heterocycles. The molecule has 3 N–H and O–H groups in total. The van der Waals surface area contributed by atoms with Gasteiger partial charge in [-0.15, -0.1) is 0 Å². The second-order valence-corrected chi connectivity index (χ2v) is 4.72. The second kappa shape index (κ2) is 5.86. The quantitative estimate of drug-likeness (QED) is 0.635. The number of hydrazine groups is 1. The fourth-order valence-corrected chi connectivity index (χ4v) is 2.00. The van der Waals surface area contributed by atoms with Gasteiger partial charge >= 0.3 is 0 Å². The van der Waals surface area contributed by atoms with Gasteiger partial charge in [-0.25, -0.2) is 5.43 Å². The van der Waals surface area contributed by atoms with Crippen LogP contribution in [-0.2, 0) is 7.05 Å². The molecule has 0 aliphatic rings. The summed E-state index contributed by atoms with van der Waals surface area (Å²) in [5.41, 5.74) is 4.66. The van der Waals surface area contributed by atoms with Crippen LogP contribution in [0.15, 0.2) is 36.5 Å². The van der Waals surface area contributed by atoms with Gasteiger partial charge in [-0.1, -0.05) is 18.2 Å². The van der Waals surface area contributed by atoms with E-state index in [0.29, 0.717) is 0 Å². The normalized spacial score (nSPS) is 12.7. The van der Waals surface area contributed by atoms with Gasteiger partial charge in [-0.3, -0.25) is 10.5 Å². The summed E-state index contributed by atoms with van der Waals surface area (Å²) in [4.78, 5) is 0. The average molecular weight is 260 g/mol. The Balaban J connectivity index is 2.38. The molecule has 0 fully saturated rings. The predicted molar refractivity (Wildman–Crippen MR) is 74.6 cm³/mol. The highest BCUT2D eigenvalue weighted by Crippen LogP contribution is 2.29. The number of rotatable bonds is 5. The molecule has 19 heavy (non-hydrogen) atoms. The summed E-state index contributed by atoms with van der Waals surface area (Å²) in [5.74, 6) is 6.52. The SMILES string of the molecule is CC(C)Oc1ccccc1C(NN)c1ccn(C)n1. The van der Waals surface area contributed by atoms with Crippen LogP contribution in [0.5, 0.6) is 5.75 Å². The maximum absolute atomic E-state index is 5.83. The van der Waals surface area contributed by atoms with E-state index >= 15 is 0 Å². The molecular formula is C14H20N4O. The molecule has 2 aromatic rings. The first-order valence-electron chi connectivity index (χ1n) is 6.33. The Morgan fingerprint density at radius 2 is 2.00 bits per heavy atom. The molecule has 0 saturated carbocycles. The van der Waals surface area contributed by atoms with E-state index in [4.69, 9.17) is 10.6 Å². The molecular weight excluding hydrogens is 240 g/mol. The number of benzene rings is 1. The Hall–Kier alpha value is -1.85. The van der Waals surface area contributed by atoms with Crippen LogP contribution in [0.1, 0.15) is 31.1 Å². The lowest BCUT2D eigenvalue weighted by Gasteiger charge is -2.19. The summed E-state index contributed by atoms with van der Waals surface area (Å²) in [6, 6.07) is 9.62. The summed E-state index contributed by atoms with van der Waals surface area (Å²) >= 11 is 0. The van der Waals surface area contributed by atoms with E-state index in [1.807, 2.05) is 57.4 Å². The van der Waals surface area contributed by atoms with Crippen molar-refractivity contribution in [2.75, 3.05) is 0 Å². The van der Waals surface area contributed by atoms with Gasteiger partial charge in [0.25, 0.3) is 0 Å². The van der Waals surface area contributed by atoms with Crippen LogP contribution >= 0.6 is 0 Å². The molecule has 0 radical (unpaired) electrons. The fourth-order valence-electron chi connectivity index (χ4n) is 2.00. The van der Waals surface area contributed by atoms with Gasteiger partial charge in [-0.05, 0) is 26.0 Å². The average Bonchev–Trinajstić information content (AvgIpc) is 2.78. The summed E-state index contributed by atoms with van der Waals surface area (Å²) in [7, 11) is 1.88. The van der Waals surface area contributed by atoms with Gasteiger partial charge in [0.1, 0.15) is 5.75 Å². The zero-order valence-electron chi connectivity index (χ0n) is 11.5. The largest absolute Gasteiger partial charge is 0.491 e. The van der Waals surface area contributed by atoms with E-state index < -0.39 is 0 Å². The van der Waals surface area contributed by atoms with Gasteiger partial charge in [0.2, 0.25) is 0 Å². The van der Waals surface area contributed by atoms with Gasteiger partial charge in [0, 0.05) is 18.8 Å². The van der Waals surface area contributed by atoms with Crippen LogP contribution in [0.25, 0.3) is 0 Å². The van der Waals surface area contributed by atoms with Crippen LogP contribution in [-0.4, -0.2) is 15.9 Å². The fraction of sp³-hybridized carbons (Fsp3) is 0.357. The molecule has 0 saturated heterocycles. The zero-order chi connectivity index (χ0) is 13.8. The first-order valence-corrected chi connectivity index (χ1v) is 6.33. The van der Waals surface area contributed by atoms with Crippen LogP contribution in [0.3, 0.4) is 0 Å². The van der Waals surface area contributed by atoms with Gasteiger partial charge in [0.05, 0.1) is 17.8 Å². The van der Waals surface area contributed by atoms with Crippen molar-refractivity contribution in [3.8, 4) is 5.75 Å². The predicted octanol–water partition coefficient (Wildman–Crippen LogP) is 1.76. The van der Waals surface area contributed by atoms with Crippen molar-refractivity contribution in [3.63, 3.8) is 0 Å².